The van der Waals surface area contributed by atoms with E-state index >= 15 is 0 Å². The highest BCUT2D eigenvalue weighted by atomic mass is 35.5. The van der Waals surface area contributed by atoms with E-state index < -0.39 is 24.4 Å². The Morgan fingerprint density at radius 1 is 1.29 bits per heavy atom. The summed E-state index contributed by atoms with van der Waals surface area (Å²) in [6.45, 7) is -0.487. The number of rotatable bonds is 6. The second-order valence-corrected chi connectivity index (χ2v) is 8.64. The number of thiophene rings is 1. The first-order chi connectivity index (χ1) is 13.4. The molecule has 1 aromatic carbocycles. The van der Waals surface area contributed by atoms with Gasteiger partial charge < -0.3 is 15.8 Å². The minimum absolute atomic E-state index is 0.200. The zero-order valence-corrected chi connectivity index (χ0v) is 17.6. The summed E-state index contributed by atoms with van der Waals surface area (Å²) in [5.74, 6) is -1.78. The number of benzene rings is 1. The smallest absolute Gasteiger partial charge is 0.340 e. The third-order valence-electron chi connectivity index (χ3n) is 4.40. The molecule has 1 aromatic heterocycles. The van der Waals surface area contributed by atoms with Crippen molar-refractivity contribution in [1.29, 1.82) is 0 Å². The summed E-state index contributed by atoms with van der Waals surface area (Å²) in [5.41, 5.74) is 7.01. The van der Waals surface area contributed by atoms with E-state index in [1.807, 2.05) is 6.26 Å². The molecule has 2 amide bonds. The van der Waals surface area contributed by atoms with Gasteiger partial charge in [-0.2, -0.15) is 0 Å². The molecule has 2 aromatic rings. The van der Waals surface area contributed by atoms with Crippen LogP contribution >= 0.6 is 34.7 Å². The van der Waals surface area contributed by atoms with E-state index in [1.165, 1.54) is 23.1 Å². The number of carbonyl (C=O) groups is 3. The van der Waals surface area contributed by atoms with Crippen molar-refractivity contribution in [3.8, 4) is 0 Å². The summed E-state index contributed by atoms with van der Waals surface area (Å²) in [6.07, 6.45) is 5.56. The fourth-order valence-electron chi connectivity index (χ4n) is 3.07. The molecule has 0 saturated carbocycles. The number of thioether (sulfide) groups is 1. The second-order valence-electron chi connectivity index (χ2n) is 6.25. The van der Waals surface area contributed by atoms with E-state index in [9.17, 15) is 14.4 Å². The lowest BCUT2D eigenvalue weighted by Crippen LogP contribution is -2.23. The number of fused-ring (bicyclic) bond motifs is 1. The van der Waals surface area contributed by atoms with E-state index in [-0.39, 0.29) is 10.6 Å². The Balaban J connectivity index is 1.67. The number of primary amides is 1. The van der Waals surface area contributed by atoms with Crippen molar-refractivity contribution in [2.45, 2.75) is 30.6 Å². The highest BCUT2D eigenvalue weighted by Gasteiger charge is 2.25. The normalized spacial score (nSPS) is 12.9. The number of halogens is 1. The average Bonchev–Trinajstić information content (AvgIpc) is 3.04. The molecule has 148 valence electrons. The van der Waals surface area contributed by atoms with Crippen LogP contribution in [0.5, 0.6) is 0 Å². The average molecular weight is 439 g/mol. The van der Waals surface area contributed by atoms with Crippen molar-refractivity contribution >= 4 is 57.5 Å². The molecule has 9 heteroatoms. The van der Waals surface area contributed by atoms with Crippen LogP contribution in [-0.4, -0.2) is 30.6 Å². The fraction of sp³-hybridized carbons (Fsp3) is 0.316. The van der Waals surface area contributed by atoms with Crippen LogP contribution in [0.1, 0.15) is 44.0 Å². The van der Waals surface area contributed by atoms with Gasteiger partial charge in [-0.05, 0) is 55.7 Å². The fourth-order valence-corrected chi connectivity index (χ4v) is 5.02. The van der Waals surface area contributed by atoms with Crippen LogP contribution in [0.3, 0.4) is 0 Å². The van der Waals surface area contributed by atoms with E-state index in [0.29, 0.717) is 10.6 Å². The van der Waals surface area contributed by atoms with E-state index in [1.54, 1.807) is 18.2 Å². The third kappa shape index (κ3) is 4.51. The van der Waals surface area contributed by atoms with Gasteiger partial charge >= 0.3 is 5.97 Å². The Labute approximate surface area is 175 Å². The number of hydrogen-bond acceptors (Lipinski definition) is 6. The molecule has 0 aliphatic heterocycles. The van der Waals surface area contributed by atoms with Gasteiger partial charge in [0.05, 0.1) is 16.1 Å². The summed E-state index contributed by atoms with van der Waals surface area (Å²) in [7, 11) is 0. The number of esters is 1. The molecule has 28 heavy (non-hydrogen) atoms. The predicted molar refractivity (Wildman–Crippen MR) is 112 cm³/mol. The zero-order chi connectivity index (χ0) is 20.3. The number of carbonyl (C=O) groups excluding carboxylic acids is 3. The van der Waals surface area contributed by atoms with Crippen molar-refractivity contribution in [3.63, 3.8) is 0 Å². The molecule has 1 aliphatic rings. The zero-order valence-electron chi connectivity index (χ0n) is 15.2. The van der Waals surface area contributed by atoms with E-state index in [0.717, 1.165) is 41.0 Å². The molecule has 3 rings (SSSR count). The Kier molecular flexibility index (Phi) is 6.64. The van der Waals surface area contributed by atoms with Gasteiger partial charge in [-0.3, -0.25) is 9.59 Å². The van der Waals surface area contributed by atoms with Gasteiger partial charge in [0, 0.05) is 9.77 Å². The summed E-state index contributed by atoms with van der Waals surface area (Å²) < 4.78 is 5.09. The topological polar surface area (TPSA) is 98.5 Å². The molecule has 0 saturated heterocycles. The maximum atomic E-state index is 12.3. The van der Waals surface area contributed by atoms with Crippen molar-refractivity contribution in [1.82, 2.24) is 0 Å². The summed E-state index contributed by atoms with van der Waals surface area (Å²) in [6, 6.07) is 5.02. The van der Waals surface area contributed by atoms with Crippen molar-refractivity contribution in [2.75, 3.05) is 18.2 Å². The quantitative estimate of drug-likeness (QED) is 0.526. The van der Waals surface area contributed by atoms with Gasteiger partial charge in [0.25, 0.3) is 11.8 Å². The molecule has 3 N–H and O–H groups in total. The molecule has 0 fully saturated rings. The largest absolute Gasteiger partial charge is 0.452 e. The van der Waals surface area contributed by atoms with E-state index in [2.05, 4.69) is 5.32 Å². The standard InChI is InChI=1S/C19H19ClN2O4S2/c1-27-10-6-7-13(20)12(8-10)19(25)26-9-15(23)22-18-16(17(21)24)11-4-2-3-5-14(11)28-18/h6-8H,2-5,9H2,1H3,(H2,21,24)(H,22,23). The minimum atomic E-state index is -0.684. The van der Waals surface area contributed by atoms with Crippen LogP contribution in [0.2, 0.25) is 5.02 Å². The molecule has 0 atom stereocenters. The number of nitrogens with one attached hydrogen (secondary N) is 1. The lowest BCUT2D eigenvalue weighted by atomic mass is 9.95. The van der Waals surface area contributed by atoms with Gasteiger partial charge in [0.1, 0.15) is 5.00 Å². The third-order valence-corrected chi connectivity index (χ3v) is 6.66. The molecule has 0 unspecified atom stereocenters. The molecule has 0 spiro atoms. The molecule has 1 aliphatic carbocycles. The first kappa shape index (κ1) is 20.7. The Morgan fingerprint density at radius 3 is 2.75 bits per heavy atom. The number of ether oxygens (including phenoxy) is 1. The number of anilines is 1. The minimum Gasteiger partial charge on any atom is -0.452 e. The Hall–Kier alpha value is -2.03. The van der Waals surface area contributed by atoms with Gasteiger partial charge in [-0.1, -0.05) is 11.6 Å². The van der Waals surface area contributed by atoms with E-state index in [4.69, 9.17) is 22.1 Å². The number of hydrogen-bond donors (Lipinski definition) is 2. The predicted octanol–water partition coefficient (Wildman–Crippen LogP) is 3.90. The van der Waals surface area contributed by atoms with Gasteiger partial charge in [-0.25, -0.2) is 4.79 Å². The van der Waals surface area contributed by atoms with Crippen LogP contribution in [0.4, 0.5) is 5.00 Å². The monoisotopic (exact) mass is 438 g/mol. The van der Waals surface area contributed by atoms with Crippen molar-refractivity contribution in [3.05, 3.63) is 44.8 Å². The molecule has 1 heterocycles. The van der Waals surface area contributed by atoms with Gasteiger partial charge in [-0.15, -0.1) is 23.1 Å². The van der Waals surface area contributed by atoms with Crippen LogP contribution in [0.25, 0.3) is 0 Å². The summed E-state index contributed by atoms with van der Waals surface area (Å²) in [5, 5.41) is 3.33. The highest BCUT2D eigenvalue weighted by molar-refractivity contribution is 7.98. The maximum absolute atomic E-state index is 12.3. The van der Waals surface area contributed by atoms with Crippen LogP contribution in [0.15, 0.2) is 23.1 Å². The van der Waals surface area contributed by atoms with Crippen LogP contribution < -0.4 is 11.1 Å². The van der Waals surface area contributed by atoms with Crippen molar-refractivity contribution in [2.24, 2.45) is 5.73 Å². The van der Waals surface area contributed by atoms with Gasteiger partial charge in [0.2, 0.25) is 0 Å². The lowest BCUT2D eigenvalue weighted by molar-refractivity contribution is -0.119. The maximum Gasteiger partial charge on any atom is 0.340 e. The first-order valence-corrected chi connectivity index (χ1v) is 11.1. The van der Waals surface area contributed by atoms with Crippen LogP contribution in [-0.2, 0) is 22.4 Å². The lowest BCUT2D eigenvalue weighted by Gasteiger charge is -2.11. The second kappa shape index (κ2) is 8.98. The van der Waals surface area contributed by atoms with Crippen LogP contribution in [0, 0.1) is 0 Å². The Morgan fingerprint density at radius 2 is 2.04 bits per heavy atom. The van der Waals surface area contributed by atoms with Gasteiger partial charge in [0.15, 0.2) is 6.61 Å². The number of amides is 2. The highest BCUT2D eigenvalue weighted by Crippen LogP contribution is 2.37. The summed E-state index contributed by atoms with van der Waals surface area (Å²) in [4.78, 5) is 38.3. The number of nitrogens with two attached hydrogens (primary N) is 1. The first-order valence-electron chi connectivity index (χ1n) is 8.65. The number of aryl methyl sites for hydroxylation is 1. The molecule has 6 nitrogen and oxygen atoms in total. The SMILES string of the molecule is CSc1ccc(Cl)c(C(=O)OCC(=O)Nc2sc3c(c2C(N)=O)CCCC3)c1. The molecule has 0 radical (unpaired) electrons. The van der Waals surface area contributed by atoms with Crippen molar-refractivity contribution < 1.29 is 19.1 Å². The summed E-state index contributed by atoms with van der Waals surface area (Å²) >= 11 is 8.87. The Bertz CT molecular complexity index is 942. The molecule has 0 bridgehead atoms. The molecular weight excluding hydrogens is 420 g/mol. The molecular formula is C19H19ClN2O4S2.